The van der Waals surface area contributed by atoms with Crippen LogP contribution in [-0.4, -0.2) is 11.5 Å². The molecule has 82 valence electrons. The van der Waals surface area contributed by atoms with Gasteiger partial charge in [0.05, 0.1) is 17.2 Å². The summed E-state index contributed by atoms with van der Waals surface area (Å²) in [5, 5.41) is 3.52. The highest BCUT2D eigenvalue weighted by Gasteiger charge is 2.13. The molecule has 1 aromatic heterocycles. The quantitative estimate of drug-likeness (QED) is 0.775. The average molecular weight is 222 g/mol. The monoisotopic (exact) mass is 222 g/mol. The molecule has 0 saturated heterocycles. The van der Waals surface area contributed by atoms with Crippen molar-refractivity contribution in [2.45, 2.75) is 39.7 Å². The number of nitrogens with one attached hydrogen (secondary N) is 1. The van der Waals surface area contributed by atoms with Crippen molar-refractivity contribution in [2.24, 2.45) is 0 Å². The van der Waals surface area contributed by atoms with E-state index in [9.17, 15) is 0 Å². The molecule has 0 fully saturated rings. The lowest BCUT2D eigenvalue weighted by molar-refractivity contribution is 0.547. The second kappa shape index (κ2) is 6.60. The molecular weight excluding hydrogens is 204 g/mol. The number of aryl methyl sites for hydroxylation is 1. The molecular formula is C12H18N2S. The van der Waals surface area contributed by atoms with E-state index in [1.807, 2.05) is 12.4 Å². The van der Waals surface area contributed by atoms with Gasteiger partial charge in [0.25, 0.3) is 0 Å². The van der Waals surface area contributed by atoms with E-state index in [-0.39, 0.29) is 0 Å². The normalized spacial score (nSPS) is 11.9. The third-order valence-electron chi connectivity index (χ3n) is 2.22. The lowest BCUT2D eigenvalue weighted by Crippen LogP contribution is -2.21. The zero-order valence-electron chi connectivity index (χ0n) is 9.63. The van der Waals surface area contributed by atoms with Crippen LogP contribution in [0.2, 0.25) is 0 Å². The van der Waals surface area contributed by atoms with Crippen LogP contribution in [0.4, 0.5) is 0 Å². The van der Waals surface area contributed by atoms with Gasteiger partial charge in [0.15, 0.2) is 0 Å². The molecule has 1 N–H and O–H groups in total. The van der Waals surface area contributed by atoms with E-state index in [1.54, 1.807) is 11.3 Å². The molecule has 1 rings (SSSR count). The number of hydrogen-bond acceptors (Lipinski definition) is 3. The topological polar surface area (TPSA) is 24.9 Å². The molecule has 0 radical (unpaired) electrons. The highest BCUT2D eigenvalue weighted by molar-refractivity contribution is 7.09. The number of nitrogens with zero attached hydrogens (tertiary/aromatic N) is 1. The van der Waals surface area contributed by atoms with Crippen LogP contribution in [0.3, 0.4) is 0 Å². The molecule has 1 unspecified atom stereocenters. The first kappa shape index (κ1) is 12.2. The summed E-state index contributed by atoms with van der Waals surface area (Å²) in [6.45, 7) is 7.16. The second-order valence-electron chi connectivity index (χ2n) is 3.44. The molecule has 0 saturated carbocycles. The number of hydrogen-bond donors (Lipinski definition) is 1. The molecule has 0 bridgehead atoms. The summed E-state index contributed by atoms with van der Waals surface area (Å²) >= 11 is 1.72. The van der Waals surface area contributed by atoms with Crippen LogP contribution in [0, 0.1) is 18.8 Å². The van der Waals surface area contributed by atoms with E-state index in [0.717, 1.165) is 25.1 Å². The van der Waals surface area contributed by atoms with Crippen molar-refractivity contribution in [1.82, 2.24) is 10.3 Å². The minimum absolute atomic E-state index is 0.352. The van der Waals surface area contributed by atoms with Crippen molar-refractivity contribution in [3.8, 4) is 11.8 Å². The number of aromatic nitrogens is 1. The maximum Gasteiger partial charge on any atom is 0.0798 e. The van der Waals surface area contributed by atoms with E-state index >= 15 is 0 Å². The number of thiazole rings is 1. The van der Waals surface area contributed by atoms with Gasteiger partial charge in [-0.15, -0.1) is 23.2 Å². The molecule has 15 heavy (non-hydrogen) atoms. The Bertz CT molecular complexity index is 346. The lowest BCUT2D eigenvalue weighted by atomic mass is 10.1. The first-order chi connectivity index (χ1) is 7.29. The van der Waals surface area contributed by atoms with E-state index < -0.39 is 0 Å². The van der Waals surface area contributed by atoms with Gasteiger partial charge in [-0.3, -0.25) is 0 Å². The fourth-order valence-electron chi connectivity index (χ4n) is 1.43. The third kappa shape index (κ3) is 3.65. The van der Waals surface area contributed by atoms with Gasteiger partial charge in [-0.2, -0.15) is 0 Å². The van der Waals surface area contributed by atoms with Crippen LogP contribution >= 0.6 is 11.3 Å². The molecule has 0 amide bonds. The summed E-state index contributed by atoms with van der Waals surface area (Å²) < 4.78 is 0. The molecule has 0 aromatic carbocycles. The van der Waals surface area contributed by atoms with E-state index in [0.29, 0.717) is 6.04 Å². The Labute approximate surface area is 96.1 Å². The van der Waals surface area contributed by atoms with Gasteiger partial charge in [0.1, 0.15) is 0 Å². The zero-order chi connectivity index (χ0) is 11.1. The van der Waals surface area contributed by atoms with Gasteiger partial charge in [0.2, 0.25) is 0 Å². The third-order valence-corrected chi connectivity index (χ3v) is 3.27. The Morgan fingerprint density at radius 3 is 2.93 bits per heavy atom. The maximum absolute atomic E-state index is 4.28. The second-order valence-corrected chi connectivity index (χ2v) is 4.33. The van der Waals surface area contributed by atoms with Crippen molar-refractivity contribution >= 4 is 11.3 Å². The Morgan fingerprint density at radius 1 is 1.60 bits per heavy atom. The predicted molar refractivity (Wildman–Crippen MR) is 66.0 cm³/mol. The van der Waals surface area contributed by atoms with Crippen molar-refractivity contribution in [2.75, 3.05) is 6.54 Å². The summed E-state index contributed by atoms with van der Waals surface area (Å²) in [6, 6.07) is 0.352. The van der Waals surface area contributed by atoms with Crippen molar-refractivity contribution in [3.63, 3.8) is 0 Å². The standard InChI is InChI=1S/C12H18N2S/c1-4-6-7-11(13-8-5-2)12-10(3)14-9-15-12/h9,11,13H,5,7-8H2,1-3H3. The van der Waals surface area contributed by atoms with Gasteiger partial charge < -0.3 is 5.32 Å². The molecule has 1 heterocycles. The Morgan fingerprint density at radius 2 is 2.40 bits per heavy atom. The van der Waals surface area contributed by atoms with Gasteiger partial charge in [-0.25, -0.2) is 4.98 Å². The smallest absolute Gasteiger partial charge is 0.0798 e. The van der Waals surface area contributed by atoms with E-state index in [4.69, 9.17) is 0 Å². The largest absolute Gasteiger partial charge is 0.308 e. The SMILES string of the molecule is CC#CCC(NCCC)c1scnc1C. The van der Waals surface area contributed by atoms with Crippen molar-refractivity contribution in [3.05, 3.63) is 16.1 Å². The summed E-state index contributed by atoms with van der Waals surface area (Å²) in [5.74, 6) is 6.09. The Kier molecular flexibility index (Phi) is 5.38. The minimum Gasteiger partial charge on any atom is -0.308 e. The summed E-state index contributed by atoms with van der Waals surface area (Å²) in [6.07, 6.45) is 2.02. The summed E-state index contributed by atoms with van der Waals surface area (Å²) in [5.41, 5.74) is 3.04. The van der Waals surface area contributed by atoms with Crippen molar-refractivity contribution < 1.29 is 0 Å². The molecule has 0 aliphatic rings. The first-order valence-electron chi connectivity index (χ1n) is 5.32. The number of rotatable bonds is 5. The minimum atomic E-state index is 0.352. The highest BCUT2D eigenvalue weighted by Crippen LogP contribution is 2.23. The van der Waals surface area contributed by atoms with E-state index in [1.165, 1.54) is 4.88 Å². The maximum atomic E-state index is 4.28. The summed E-state index contributed by atoms with van der Waals surface area (Å²) in [4.78, 5) is 5.61. The first-order valence-corrected chi connectivity index (χ1v) is 6.20. The Balaban J connectivity index is 2.70. The molecule has 2 nitrogen and oxygen atoms in total. The lowest BCUT2D eigenvalue weighted by Gasteiger charge is -2.14. The molecule has 0 aliphatic heterocycles. The zero-order valence-corrected chi connectivity index (χ0v) is 10.4. The van der Waals surface area contributed by atoms with Gasteiger partial charge in [-0.05, 0) is 26.8 Å². The highest BCUT2D eigenvalue weighted by atomic mass is 32.1. The van der Waals surface area contributed by atoms with Crippen LogP contribution in [0.5, 0.6) is 0 Å². The van der Waals surface area contributed by atoms with Gasteiger partial charge >= 0.3 is 0 Å². The van der Waals surface area contributed by atoms with Crippen LogP contribution in [0.1, 0.15) is 43.3 Å². The van der Waals surface area contributed by atoms with Gasteiger partial charge in [-0.1, -0.05) is 6.92 Å². The predicted octanol–water partition coefficient (Wildman–Crippen LogP) is 2.91. The van der Waals surface area contributed by atoms with Crippen LogP contribution < -0.4 is 5.32 Å². The molecule has 0 aliphatic carbocycles. The van der Waals surface area contributed by atoms with Crippen LogP contribution in [-0.2, 0) is 0 Å². The average Bonchev–Trinajstić information content (AvgIpc) is 2.65. The van der Waals surface area contributed by atoms with Gasteiger partial charge in [0, 0.05) is 11.3 Å². The fourth-order valence-corrected chi connectivity index (χ4v) is 2.30. The molecule has 3 heteroatoms. The van der Waals surface area contributed by atoms with Crippen molar-refractivity contribution in [1.29, 1.82) is 0 Å². The fraction of sp³-hybridized carbons (Fsp3) is 0.583. The van der Waals surface area contributed by atoms with Crippen LogP contribution in [0.15, 0.2) is 5.51 Å². The summed E-state index contributed by atoms with van der Waals surface area (Å²) in [7, 11) is 0. The molecule has 1 aromatic rings. The molecule has 0 spiro atoms. The van der Waals surface area contributed by atoms with Crippen LogP contribution in [0.25, 0.3) is 0 Å². The van der Waals surface area contributed by atoms with E-state index in [2.05, 4.69) is 36.0 Å². The molecule has 1 atom stereocenters. The Hall–Kier alpha value is -0.850.